The van der Waals surface area contributed by atoms with Crippen LogP contribution < -0.4 is 10.6 Å². The van der Waals surface area contributed by atoms with Gasteiger partial charge in [-0.2, -0.15) is 0 Å². The molecular formula is C14H17N3O. The molecule has 0 saturated heterocycles. The lowest BCUT2D eigenvalue weighted by Gasteiger charge is -2.06. The summed E-state index contributed by atoms with van der Waals surface area (Å²) in [5.41, 5.74) is 2.25. The summed E-state index contributed by atoms with van der Waals surface area (Å²) in [6.07, 6.45) is 3.78. The quantitative estimate of drug-likeness (QED) is 0.718. The molecule has 2 aromatic rings. The number of hydrogen-bond donors (Lipinski definition) is 3. The fraction of sp³-hybridized carbons (Fsp3) is 0.214. The molecule has 1 aromatic carbocycles. The summed E-state index contributed by atoms with van der Waals surface area (Å²) in [5.74, 6) is 0.00869. The minimum absolute atomic E-state index is 0.00869. The van der Waals surface area contributed by atoms with Gasteiger partial charge in [0.15, 0.2) is 0 Å². The lowest BCUT2D eigenvalue weighted by atomic mass is 10.2. The van der Waals surface area contributed by atoms with E-state index in [4.69, 9.17) is 0 Å². The van der Waals surface area contributed by atoms with Crippen molar-refractivity contribution < 1.29 is 4.79 Å². The Kier molecular flexibility index (Phi) is 4.55. The van der Waals surface area contributed by atoms with Gasteiger partial charge in [-0.05, 0) is 17.2 Å². The zero-order valence-corrected chi connectivity index (χ0v) is 10.1. The van der Waals surface area contributed by atoms with E-state index in [2.05, 4.69) is 15.6 Å². The highest BCUT2D eigenvalue weighted by Gasteiger charge is 2.00. The SMILES string of the molecule is O=C(CNCc1cc[nH]c1)NCc1ccccc1. The van der Waals surface area contributed by atoms with E-state index in [0.717, 1.165) is 11.1 Å². The number of benzene rings is 1. The zero-order chi connectivity index (χ0) is 12.6. The second-order valence-corrected chi connectivity index (χ2v) is 4.09. The minimum Gasteiger partial charge on any atom is -0.367 e. The molecule has 0 aliphatic rings. The number of hydrogen-bond acceptors (Lipinski definition) is 2. The van der Waals surface area contributed by atoms with Gasteiger partial charge in [0.2, 0.25) is 5.91 Å². The smallest absolute Gasteiger partial charge is 0.234 e. The van der Waals surface area contributed by atoms with Crippen molar-refractivity contribution in [3.05, 3.63) is 59.9 Å². The van der Waals surface area contributed by atoms with Crippen molar-refractivity contribution >= 4 is 5.91 Å². The minimum atomic E-state index is 0.00869. The Morgan fingerprint density at radius 1 is 1.06 bits per heavy atom. The average molecular weight is 243 g/mol. The van der Waals surface area contributed by atoms with Gasteiger partial charge < -0.3 is 15.6 Å². The zero-order valence-electron chi connectivity index (χ0n) is 10.1. The van der Waals surface area contributed by atoms with Crippen molar-refractivity contribution in [1.29, 1.82) is 0 Å². The number of amides is 1. The molecule has 94 valence electrons. The van der Waals surface area contributed by atoms with Crippen LogP contribution in [0.2, 0.25) is 0 Å². The number of carbonyl (C=O) groups excluding carboxylic acids is 1. The number of aromatic amines is 1. The molecule has 1 heterocycles. The Bertz CT molecular complexity index is 465. The van der Waals surface area contributed by atoms with Crippen LogP contribution in [0.15, 0.2) is 48.8 Å². The van der Waals surface area contributed by atoms with Gasteiger partial charge in [0, 0.05) is 25.5 Å². The molecule has 1 aromatic heterocycles. The van der Waals surface area contributed by atoms with E-state index in [9.17, 15) is 4.79 Å². The Hall–Kier alpha value is -2.07. The molecule has 0 spiro atoms. The highest BCUT2D eigenvalue weighted by atomic mass is 16.1. The largest absolute Gasteiger partial charge is 0.367 e. The van der Waals surface area contributed by atoms with Crippen molar-refractivity contribution in [2.75, 3.05) is 6.54 Å². The van der Waals surface area contributed by atoms with Crippen LogP contribution in [0.4, 0.5) is 0 Å². The van der Waals surface area contributed by atoms with Crippen LogP contribution >= 0.6 is 0 Å². The van der Waals surface area contributed by atoms with Crippen molar-refractivity contribution in [3.63, 3.8) is 0 Å². The number of aromatic nitrogens is 1. The van der Waals surface area contributed by atoms with Crippen LogP contribution in [0.3, 0.4) is 0 Å². The number of H-pyrrole nitrogens is 1. The first-order chi connectivity index (χ1) is 8.84. The van der Waals surface area contributed by atoms with E-state index >= 15 is 0 Å². The average Bonchev–Trinajstić information content (AvgIpc) is 2.91. The number of nitrogens with one attached hydrogen (secondary N) is 3. The third-order valence-corrected chi connectivity index (χ3v) is 2.61. The van der Waals surface area contributed by atoms with E-state index in [-0.39, 0.29) is 5.91 Å². The monoisotopic (exact) mass is 243 g/mol. The molecule has 0 radical (unpaired) electrons. The van der Waals surface area contributed by atoms with Gasteiger partial charge >= 0.3 is 0 Å². The van der Waals surface area contributed by atoms with Gasteiger partial charge in [0.1, 0.15) is 0 Å². The lowest BCUT2D eigenvalue weighted by molar-refractivity contribution is -0.120. The summed E-state index contributed by atoms with van der Waals surface area (Å²) < 4.78 is 0. The molecule has 0 atom stereocenters. The second-order valence-electron chi connectivity index (χ2n) is 4.09. The van der Waals surface area contributed by atoms with Crippen LogP contribution in [0, 0.1) is 0 Å². The molecule has 0 bridgehead atoms. The van der Waals surface area contributed by atoms with Crippen LogP contribution in [0.25, 0.3) is 0 Å². The van der Waals surface area contributed by atoms with Crippen LogP contribution in [0.5, 0.6) is 0 Å². The van der Waals surface area contributed by atoms with Gasteiger partial charge in [0.25, 0.3) is 0 Å². The van der Waals surface area contributed by atoms with Gasteiger partial charge in [0.05, 0.1) is 6.54 Å². The molecule has 2 rings (SSSR count). The van der Waals surface area contributed by atoms with Crippen LogP contribution in [0.1, 0.15) is 11.1 Å². The first kappa shape index (κ1) is 12.4. The Morgan fingerprint density at radius 3 is 2.61 bits per heavy atom. The van der Waals surface area contributed by atoms with Gasteiger partial charge in [-0.3, -0.25) is 4.79 Å². The second kappa shape index (κ2) is 6.61. The van der Waals surface area contributed by atoms with Crippen molar-refractivity contribution in [2.24, 2.45) is 0 Å². The van der Waals surface area contributed by atoms with Crippen molar-refractivity contribution in [1.82, 2.24) is 15.6 Å². The van der Waals surface area contributed by atoms with E-state index in [0.29, 0.717) is 19.6 Å². The Morgan fingerprint density at radius 2 is 1.89 bits per heavy atom. The first-order valence-corrected chi connectivity index (χ1v) is 5.97. The molecule has 4 heteroatoms. The predicted octanol–water partition coefficient (Wildman–Crippen LogP) is 1.42. The molecule has 0 unspecified atom stereocenters. The van der Waals surface area contributed by atoms with E-state index in [1.54, 1.807) is 0 Å². The maximum absolute atomic E-state index is 11.6. The Balaban J connectivity index is 1.63. The maximum atomic E-state index is 11.6. The van der Waals surface area contributed by atoms with Crippen molar-refractivity contribution in [2.45, 2.75) is 13.1 Å². The summed E-state index contributed by atoms with van der Waals surface area (Å²) >= 11 is 0. The number of rotatable bonds is 6. The lowest BCUT2D eigenvalue weighted by Crippen LogP contribution is -2.33. The van der Waals surface area contributed by atoms with E-state index in [1.807, 2.05) is 48.8 Å². The molecule has 1 amide bonds. The van der Waals surface area contributed by atoms with Crippen molar-refractivity contribution in [3.8, 4) is 0 Å². The molecule has 0 aliphatic carbocycles. The summed E-state index contributed by atoms with van der Waals surface area (Å²) in [6.45, 7) is 1.60. The normalized spacial score (nSPS) is 10.2. The predicted molar refractivity (Wildman–Crippen MR) is 70.8 cm³/mol. The topological polar surface area (TPSA) is 56.9 Å². The van der Waals surface area contributed by atoms with Crippen LogP contribution in [-0.2, 0) is 17.9 Å². The fourth-order valence-electron chi connectivity index (χ4n) is 1.65. The third-order valence-electron chi connectivity index (χ3n) is 2.61. The molecule has 0 saturated carbocycles. The van der Waals surface area contributed by atoms with Gasteiger partial charge in [-0.25, -0.2) is 0 Å². The van der Waals surface area contributed by atoms with E-state index in [1.165, 1.54) is 0 Å². The third kappa shape index (κ3) is 4.07. The summed E-state index contributed by atoms with van der Waals surface area (Å²) in [5, 5.41) is 5.96. The van der Waals surface area contributed by atoms with E-state index < -0.39 is 0 Å². The molecular weight excluding hydrogens is 226 g/mol. The standard InChI is InChI=1S/C14H17N3O/c18-14(11-16-9-13-6-7-15-8-13)17-10-12-4-2-1-3-5-12/h1-8,15-16H,9-11H2,(H,17,18). The molecule has 3 N–H and O–H groups in total. The fourth-order valence-corrected chi connectivity index (χ4v) is 1.65. The first-order valence-electron chi connectivity index (χ1n) is 5.97. The maximum Gasteiger partial charge on any atom is 0.234 e. The summed E-state index contributed by atoms with van der Waals surface area (Å²) in [6, 6.07) is 11.9. The summed E-state index contributed by atoms with van der Waals surface area (Å²) in [7, 11) is 0. The highest BCUT2D eigenvalue weighted by Crippen LogP contribution is 1.97. The number of carbonyl (C=O) groups is 1. The molecule has 18 heavy (non-hydrogen) atoms. The summed E-state index contributed by atoms with van der Waals surface area (Å²) in [4.78, 5) is 14.5. The molecule has 0 fully saturated rings. The van der Waals surface area contributed by atoms with Gasteiger partial charge in [-0.15, -0.1) is 0 Å². The van der Waals surface area contributed by atoms with Gasteiger partial charge in [-0.1, -0.05) is 30.3 Å². The molecule has 0 aliphatic heterocycles. The van der Waals surface area contributed by atoms with Crippen LogP contribution in [-0.4, -0.2) is 17.4 Å². The highest BCUT2D eigenvalue weighted by molar-refractivity contribution is 5.77. The Labute approximate surface area is 106 Å². The molecule has 4 nitrogen and oxygen atoms in total.